The summed E-state index contributed by atoms with van der Waals surface area (Å²) in [6.45, 7) is 4.26. The maximum absolute atomic E-state index is 12.8. The predicted molar refractivity (Wildman–Crippen MR) is 270 cm³/mol. The van der Waals surface area contributed by atoms with E-state index in [1.54, 1.807) is 0 Å². The molecule has 0 aliphatic carbocycles. The van der Waals surface area contributed by atoms with Gasteiger partial charge in [-0.3, -0.25) is 18.6 Å². The number of hydrogen-bond acceptors (Lipinski definition) is 7. The number of ether oxygens (including phenoxy) is 2. The fourth-order valence-corrected chi connectivity index (χ4v) is 7.22. The molecule has 1 N–H and O–H groups in total. The van der Waals surface area contributed by atoms with Crippen LogP contribution in [-0.4, -0.2) is 74.9 Å². The van der Waals surface area contributed by atoms with Gasteiger partial charge < -0.3 is 18.9 Å². The van der Waals surface area contributed by atoms with Crippen LogP contribution in [0, 0.1) is 0 Å². The number of carbonyl (C=O) groups is 2. The third kappa shape index (κ3) is 48.6. The molecule has 0 heterocycles. The number of esters is 2. The monoisotopic (exact) mass is 917 g/mol. The van der Waals surface area contributed by atoms with Crippen LogP contribution >= 0.6 is 7.82 Å². The van der Waals surface area contributed by atoms with E-state index in [1.807, 2.05) is 21.1 Å². The smallest absolute Gasteiger partial charge is 0.462 e. The molecule has 9 nitrogen and oxygen atoms in total. The van der Waals surface area contributed by atoms with Crippen molar-refractivity contribution in [2.45, 2.75) is 200 Å². The number of carbonyl (C=O) groups excluding carboxylic acids is 2. The van der Waals surface area contributed by atoms with Crippen LogP contribution in [0.3, 0.4) is 0 Å². The van der Waals surface area contributed by atoms with Gasteiger partial charge in [0.25, 0.3) is 0 Å². The molecule has 10 heteroatoms. The van der Waals surface area contributed by atoms with Crippen LogP contribution in [0.25, 0.3) is 0 Å². The van der Waals surface area contributed by atoms with Crippen LogP contribution < -0.4 is 0 Å². The van der Waals surface area contributed by atoms with Crippen molar-refractivity contribution in [3.05, 3.63) is 85.1 Å². The minimum Gasteiger partial charge on any atom is -0.462 e. The van der Waals surface area contributed by atoms with Gasteiger partial charge in [-0.1, -0.05) is 176 Å². The Morgan fingerprint density at radius 2 is 0.891 bits per heavy atom. The Morgan fingerprint density at radius 3 is 1.33 bits per heavy atom. The fourth-order valence-electron chi connectivity index (χ4n) is 6.48. The van der Waals surface area contributed by atoms with E-state index in [2.05, 4.69) is 98.9 Å². The molecule has 0 aromatic carbocycles. The molecule has 0 aliphatic heterocycles. The second kappa shape index (κ2) is 45.4. The van der Waals surface area contributed by atoms with Crippen LogP contribution in [-0.2, 0) is 32.7 Å². The molecule has 0 radical (unpaired) electrons. The maximum atomic E-state index is 12.8. The first kappa shape index (κ1) is 61.2. The van der Waals surface area contributed by atoms with Crippen molar-refractivity contribution in [3.8, 4) is 0 Å². The Labute approximate surface area is 392 Å². The molecule has 64 heavy (non-hydrogen) atoms. The lowest BCUT2D eigenvalue weighted by atomic mass is 10.1. The van der Waals surface area contributed by atoms with Crippen molar-refractivity contribution in [2.24, 2.45) is 0 Å². The quantitative estimate of drug-likeness (QED) is 0.0212. The third-order valence-corrected chi connectivity index (χ3v) is 11.4. The Hall–Kier alpha value is -2.81. The van der Waals surface area contributed by atoms with Crippen molar-refractivity contribution in [2.75, 3.05) is 47.5 Å². The van der Waals surface area contributed by atoms with Gasteiger partial charge in [0.1, 0.15) is 19.8 Å². The van der Waals surface area contributed by atoms with Crippen molar-refractivity contribution >= 4 is 19.8 Å². The van der Waals surface area contributed by atoms with Crippen LogP contribution in [0.15, 0.2) is 85.1 Å². The fraction of sp³-hybridized carbons (Fsp3) is 0.704. The highest BCUT2D eigenvalue weighted by Gasteiger charge is 2.27. The van der Waals surface area contributed by atoms with Gasteiger partial charge in [-0.2, -0.15) is 0 Å². The van der Waals surface area contributed by atoms with E-state index in [0.29, 0.717) is 17.4 Å². The van der Waals surface area contributed by atoms with Crippen LogP contribution in [0.4, 0.5) is 0 Å². The molecular weight excluding hydrogens is 822 g/mol. The lowest BCUT2D eigenvalue weighted by Gasteiger charge is -2.24. The lowest BCUT2D eigenvalue weighted by molar-refractivity contribution is -0.870. The number of phosphoric ester groups is 1. The zero-order chi connectivity index (χ0) is 47.1. The Morgan fingerprint density at radius 1 is 0.500 bits per heavy atom. The summed E-state index contributed by atoms with van der Waals surface area (Å²) < 4.78 is 34.4. The lowest BCUT2D eigenvalue weighted by Crippen LogP contribution is -2.37. The first-order valence-corrected chi connectivity index (χ1v) is 26.8. The van der Waals surface area contributed by atoms with E-state index in [1.165, 1.54) is 64.2 Å². The van der Waals surface area contributed by atoms with Gasteiger partial charge in [0.15, 0.2) is 6.10 Å². The van der Waals surface area contributed by atoms with E-state index in [0.717, 1.165) is 96.3 Å². The number of phosphoric acid groups is 1. The van der Waals surface area contributed by atoms with E-state index in [9.17, 15) is 19.0 Å². The number of unbranched alkanes of at least 4 members (excludes halogenated alkanes) is 17. The summed E-state index contributed by atoms with van der Waals surface area (Å²) in [5, 5.41) is 0. The topological polar surface area (TPSA) is 108 Å². The molecule has 0 aromatic rings. The van der Waals surface area contributed by atoms with Crippen molar-refractivity contribution < 1.29 is 42.1 Å². The summed E-state index contributed by atoms with van der Waals surface area (Å²) in [6.07, 6.45) is 59.1. The van der Waals surface area contributed by atoms with E-state index >= 15 is 0 Å². The molecule has 0 saturated carbocycles. The molecule has 0 aliphatic rings. The minimum absolute atomic E-state index is 0.0232. The number of hydrogen-bond donors (Lipinski definition) is 1. The maximum Gasteiger partial charge on any atom is 0.472 e. The normalized spacial score (nSPS) is 14.2. The standard InChI is InChI=1S/C54H94NO8P/c1-6-8-10-12-14-16-18-20-22-24-26-27-29-31-33-35-37-39-41-43-45-47-54(57)63-52(51-62-64(58,59)61-49-48-55(3,4)5)50-60-53(56)46-44-42-40-38-36-34-32-30-28-25-23-21-19-17-15-13-11-9-7-2/h8,10,14-17,20-23,26-28,30,52H,6-7,9,11-13,18-19,24-25,29,31-51H2,1-5H3/p+1/b10-8-,16-14-,17-15-,22-20-,23-21-,27-26-,30-28-. The first-order valence-electron chi connectivity index (χ1n) is 25.3. The van der Waals surface area contributed by atoms with Crippen LogP contribution in [0.5, 0.6) is 0 Å². The number of quaternary nitrogens is 1. The second-order valence-corrected chi connectivity index (χ2v) is 19.3. The Kier molecular flexibility index (Phi) is 43.4. The summed E-state index contributed by atoms with van der Waals surface area (Å²) in [4.78, 5) is 35.6. The summed E-state index contributed by atoms with van der Waals surface area (Å²) in [5.41, 5.74) is 0. The van der Waals surface area contributed by atoms with Gasteiger partial charge in [-0.15, -0.1) is 0 Å². The molecule has 2 unspecified atom stereocenters. The SMILES string of the molecule is CC/C=C\C/C=C\C/C=C\C/C=C\CCCCCCCCCCC(=O)OC(COC(=O)CCCCCCCC/C=C\C/C=C\C/C=C\CCCCC)COP(=O)(O)OCC[N+](C)(C)C. The van der Waals surface area contributed by atoms with Gasteiger partial charge in [0, 0.05) is 12.8 Å². The van der Waals surface area contributed by atoms with Gasteiger partial charge in [-0.05, 0) is 89.9 Å². The minimum atomic E-state index is -4.39. The van der Waals surface area contributed by atoms with Crippen molar-refractivity contribution in [3.63, 3.8) is 0 Å². The van der Waals surface area contributed by atoms with E-state index < -0.39 is 26.5 Å². The third-order valence-electron chi connectivity index (χ3n) is 10.4. The van der Waals surface area contributed by atoms with Gasteiger partial charge in [0.05, 0.1) is 27.7 Å². The van der Waals surface area contributed by atoms with Crippen molar-refractivity contribution in [1.82, 2.24) is 0 Å². The highest BCUT2D eigenvalue weighted by atomic mass is 31.2. The van der Waals surface area contributed by atoms with Gasteiger partial charge in [0.2, 0.25) is 0 Å². The summed E-state index contributed by atoms with van der Waals surface area (Å²) >= 11 is 0. The zero-order valence-electron chi connectivity index (χ0n) is 41.5. The summed E-state index contributed by atoms with van der Waals surface area (Å²) in [5.74, 6) is -0.827. The molecule has 368 valence electrons. The molecule has 0 rings (SSSR count). The molecule has 0 spiro atoms. The molecule has 0 fully saturated rings. The summed E-state index contributed by atoms with van der Waals surface area (Å²) in [7, 11) is 1.45. The summed E-state index contributed by atoms with van der Waals surface area (Å²) in [6, 6.07) is 0. The number of nitrogens with zero attached hydrogens (tertiary/aromatic N) is 1. The molecule has 0 saturated heterocycles. The molecule has 2 atom stereocenters. The van der Waals surface area contributed by atoms with Crippen LogP contribution in [0.1, 0.15) is 194 Å². The predicted octanol–water partition coefficient (Wildman–Crippen LogP) is 15.1. The molecule has 0 aromatic heterocycles. The Balaban J connectivity index is 4.32. The molecule has 0 bridgehead atoms. The number of likely N-dealkylation sites (N-methyl/N-ethyl adjacent to an activating group) is 1. The van der Waals surface area contributed by atoms with Crippen LogP contribution in [0.2, 0.25) is 0 Å². The molecular formula is C54H95NO8P+. The van der Waals surface area contributed by atoms with E-state index in [-0.39, 0.29) is 32.0 Å². The number of rotatable bonds is 45. The highest BCUT2D eigenvalue weighted by molar-refractivity contribution is 7.47. The highest BCUT2D eigenvalue weighted by Crippen LogP contribution is 2.43. The second-order valence-electron chi connectivity index (χ2n) is 17.8. The zero-order valence-corrected chi connectivity index (χ0v) is 42.4. The number of allylic oxidation sites excluding steroid dienone is 14. The first-order chi connectivity index (χ1) is 31.0. The average molecular weight is 917 g/mol. The average Bonchev–Trinajstić information content (AvgIpc) is 3.25. The van der Waals surface area contributed by atoms with Gasteiger partial charge >= 0.3 is 19.8 Å². The largest absolute Gasteiger partial charge is 0.472 e. The van der Waals surface area contributed by atoms with E-state index in [4.69, 9.17) is 18.5 Å². The van der Waals surface area contributed by atoms with Gasteiger partial charge in [-0.25, -0.2) is 4.57 Å². The Bertz CT molecular complexity index is 1360. The van der Waals surface area contributed by atoms with Crippen molar-refractivity contribution in [1.29, 1.82) is 0 Å². The molecule has 0 amide bonds.